The molecule has 0 atom stereocenters. The van der Waals surface area contributed by atoms with Crippen molar-refractivity contribution in [3.63, 3.8) is 0 Å². The van der Waals surface area contributed by atoms with Crippen molar-refractivity contribution in [3.05, 3.63) is 59.4 Å². The zero-order chi connectivity index (χ0) is 16.3. The van der Waals surface area contributed by atoms with E-state index in [0.717, 1.165) is 18.2 Å². The van der Waals surface area contributed by atoms with E-state index in [1.165, 1.54) is 24.3 Å². The number of rotatable bonds is 3. The van der Waals surface area contributed by atoms with Crippen molar-refractivity contribution in [2.75, 3.05) is 6.61 Å². The Bertz CT molecular complexity index is 693. The number of alkyl halides is 3. The fourth-order valence-corrected chi connectivity index (χ4v) is 1.95. The van der Waals surface area contributed by atoms with Crippen LogP contribution in [0.2, 0.25) is 0 Å². The van der Waals surface area contributed by atoms with Gasteiger partial charge in [-0.25, -0.2) is 9.18 Å². The van der Waals surface area contributed by atoms with Gasteiger partial charge in [0, 0.05) is 0 Å². The monoisotopic (exact) mass is 312 g/mol. The largest absolute Gasteiger partial charge is 0.462 e. The van der Waals surface area contributed by atoms with Crippen LogP contribution in [0.4, 0.5) is 17.6 Å². The lowest BCUT2D eigenvalue weighted by molar-refractivity contribution is -0.137. The quantitative estimate of drug-likeness (QED) is 0.607. The van der Waals surface area contributed by atoms with Crippen LogP contribution in [0.3, 0.4) is 0 Å². The summed E-state index contributed by atoms with van der Waals surface area (Å²) in [5, 5.41) is 0. The van der Waals surface area contributed by atoms with Crippen molar-refractivity contribution in [1.29, 1.82) is 0 Å². The molecule has 2 aromatic rings. The lowest BCUT2D eigenvalue weighted by Crippen LogP contribution is -2.07. The molecule has 0 saturated heterocycles. The van der Waals surface area contributed by atoms with Crippen molar-refractivity contribution >= 4 is 5.97 Å². The number of esters is 1. The Labute approximate surface area is 124 Å². The van der Waals surface area contributed by atoms with Gasteiger partial charge in [-0.15, -0.1) is 0 Å². The Hall–Kier alpha value is -2.37. The van der Waals surface area contributed by atoms with Crippen molar-refractivity contribution < 1.29 is 27.1 Å². The summed E-state index contributed by atoms with van der Waals surface area (Å²) < 4.78 is 56.5. The third-order valence-corrected chi connectivity index (χ3v) is 2.98. The SMILES string of the molecule is CCOC(=O)c1cc(-c2cccc(C(F)(F)F)c2)ccc1F. The first-order valence-corrected chi connectivity index (χ1v) is 6.47. The minimum atomic E-state index is -4.47. The third kappa shape index (κ3) is 3.44. The Kier molecular flexibility index (Phi) is 4.49. The lowest BCUT2D eigenvalue weighted by Gasteiger charge is -2.10. The summed E-state index contributed by atoms with van der Waals surface area (Å²) in [7, 11) is 0. The number of ether oxygens (including phenoxy) is 1. The number of carbonyl (C=O) groups excluding carboxylic acids is 1. The van der Waals surface area contributed by atoms with E-state index in [-0.39, 0.29) is 17.7 Å². The Morgan fingerprint density at radius 2 is 1.77 bits per heavy atom. The third-order valence-electron chi connectivity index (χ3n) is 2.98. The molecule has 116 valence electrons. The summed E-state index contributed by atoms with van der Waals surface area (Å²) in [4.78, 5) is 11.6. The van der Waals surface area contributed by atoms with E-state index in [0.29, 0.717) is 5.56 Å². The maximum atomic E-state index is 13.6. The van der Waals surface area contributed by atoms with E-state index in [9.17, 15) is 22.4 Å². The first-order valence-electron chi connectivity index (χ1n) is 6.47. The summed E-state index contributed by atoms with van der Waals surface area (Å²) in [6, 6.07) is 8.13. The molecule has 0 amide bonds. The molecule has 0 heterocycles. The van der Waals surface area contributed by atoms with E-state index in [1.807, 2.05) is 0 Å². The molecule has 0 radical (unpaired) electrons. The molecule has 0 bridgehead atoms. The molecule has 0 aromatic heterocycles. The summed E-state index contributed by atoms with van der Waals surface area (Å²) in [5.41, 5.74) is -0.584. The van der Waals surface area contributed by atoms with Crippen LogP contribution in [0.5, 0.6) is 0 Å². The standard InChI is InChI=1S/C16H12F4O2/c1-2-22-15(21)13-9-11(6-7-14(13)17)10-4-3-5-12(8-10)16(18,19)20/h3-9H,2H2,1H3. The van der Waals surface area contributed by atoms with Gasteiger partial charge in [-0.05, 0) is 42.3 Å². The molecule has 0 aliphatic carbocycles. The molecular formula is C16H12F4O2. The van der Waals surface area contributed by atoms with Gasteiger partial charge in [0.05, 0.1) is 17.7 Å². The van der Waals surface area contributed by atoms with Crippen LogP contribution in [-0.4, -0.2) is 12.6 Å². The molecule has 0 aliphatic heterocycles. The number of halogens is 4. The summed E-state index contributed by atoms with van der Waals surface area (Å²) in [6.07, 6.45) is -4.47. The van der Waals surface area contributed by atoms with Crippen LogP contribution in [0.15, 0.2) is 42.5 Å². The fraction of sp³-hybridized carbons (Fsp3) is 0.188. The van der Waals surface area contributed by atoms with Gasteiger partial charge in [0.2, 0.25) is 0 Å². The lowest BCUT2D eigenvalue weighted by atomic mass is 10.0. The number of hydrogen-bond donors (Lipinski definition) is 0. The van der Waals surface area contributed by atoms with Gasteiger partial charge in [0.25, 0.3) is 0 Å². The second-order valence-corrected chi connectivity index (χ2v) is 4.49. The smallest absolute Gasteiger partial charge is 0.416 e. The van der Waals surface area contributed by atoms with Crippen LogP contribution in [-0.2, 0) is 10.9 Å². The Balaban J connectivity index is 2.46. The first-order chi connectivity index (χ1) is 10.3. The van der Waals surface area contributed by atoms with Crippen LogP contribution < -0.4 is 0 Å². The highest BCUT2D eigenvalue weighted by molar-refractivity contribution is 5.91. The molecule has 6 heteroatoms. The van der Waals surface area contributed by atoms with Crippen molar-refractivity contribution in [3.8, 4) is 11.1 Å². The maximum Gasteiger partial charge on any atom is 0.416 e. The van der Waals surface area contributed by atoms with Gasteiger partial charge >= 0.3 is 12.1 Å². The molecule has 2 nitrogen and oxygen atoms in total. The molecule has 0 aliphatic rings. The zero-order valence-electron chi connectivity index (χ0n) is 11.6. The molecule has 0 spiro atoms. The normalized spacial score (nSPS) is 11.3. The Morgan fingerprint density at radius 3 is 2.41 bits per heavy atom. The second kappa shape index (κ2) is 6.17. The van der Waals surface area contributed by atoms with Crippen LogP contribution in [0.1, 0.15) is 22.8 Å². The molecule has 2 aromatic carbocycles. The van der Waals surface area contributed by atoms with E-state index in [4.69, 9.17) is 4.74 Å². The van der Waals surface area contributed by atoms with Crippen molar-refractivity contribution in [1.82, 2.24) is 0 Å². The fourth-order valence-electron chi connectivity index (χ4n) is 1.95. The highest BCUT2D eigenvalue weighted by Gasteiger charge is 2.30. The van der Waals surface area contributed by atoms with E-state index >= 15 is 0 Å². The average molecular weight is 312 g/mol. The van der Waals surface area contributed by atoms with Gasteiger partial charge in [-0.3, -0.25) is 0 Å². The van der Waals surface area contributed by atoms with Gasteiger partial charge in [-0.1, -0.05) is 18.2 Å². The first kappa shape index (κ1) is 16.0. The summed E-state index contributed by atoms with van der Waals surface area (Å²) in [6.45, 7) is 1.65. The molecule has 0 fully saturated rings. The average Bonchev–Trinajstić information content (AvgIpc) is 2.47. The number of carbonyl (C=O) groups is 1. The Morgan fingerprint density at radius 1 is 1.09 bits per heavy atom. The molecule has 0 N–H and O–H groups in total. The van der Waals surface area contributed by atoms with Crippen LogP contribution in [0, 0.1) is 5.82 Å². The molecule has 22 heavy (non-hydrogen) atoms. The molecular weight excluding hydrogens is 300 g/mol. The maximum absolute atomic E-state index is 13.6. The predicted octanol–water partition coefficient (Wildman–Crippen LogP) is 4.69. The second-order valence-electron chi connectivity index (χ2n) is 4.49. The predicted molar refractivity (Wildman–Crippen MR) is 72.8 cm³/mol. The van der Waals surface area contributed by atoms with Crippen LogP contribution in [0.25, 0.3) is 11.1 Å². The molecule has 2 rings (SSSR count). The molecule has 0 unspecified atom stereocenters. The van der Waals surface area contributed by atoms with E-state index in [1.54, 1.807) is 6.92 Å². The van der Waals surface area contributed by atoms with Crippen molar-refractivity contribution in [2.24, 2.45) is 0 Å². The van der Waals surface area contributed by atoms with Gasteiger partial charge in [0.15, 0.2) is 0 Å². The zero-order valence-corrected chi connectivity index (χ0v) is 11.6. The molecule has 0 saturated carbocycles. The summed E-state index contributed by atoms with van der Waals surface area (Å²) in [5.74, 6) is -1.64. The van der Waals surface area contributed by atoms with E-state index < -0.39 is 23.5 Å². The topological polar surface area (TPSA) is 26.3 Å². The van der Waals surface area contributed by atoms with Gasteiger partial charge in [-0.2, -0.15) is 13.2 Å². The van der Waals surface area contributed by atoms with E-state index in [2.05, 4.69) is 0 Å². The minimum absolute atomic E-state index is 0.0755. The van der Waals surface area contributed by atoms with Gasteiger partial charge in [0.1, 0.15) is 5.82 Å². The van der Waals surface area contributed by atoms with Crippen LogP contribution >= 0.6 is 0 Å². The van der Waals surface area contributed by atoms with Gasteiger partial charge < -0.3 is 4.74 Å². The summed E-state index contributed by atoms with van der Waals surface area (Å²) >= 11 is 0. The highest BCUT2D eigenvalue weighted by atomic mass is 19.4. The number of benzene rings is 2. The van der Waals surface area contributed by atoms with Crippen molar-refractivity contribution in [2.45, 2.75) is 13.1 Å². The highest BCUT2D eigenvalue weighted by Crippen LogP contribution is 2.32. The minimum Gasteiger partial charge on any atom is -0.462 e. The number of hydrogen-bond acceptors (Lipinski definition) is 2.